The Bertz CT molecular complexity index is 1620. The van der Waals surface area contributed by atoms with E-state index in [2.05, 4.69) is 44.6 Å². The number of anilines is 1. The van der Waals surface area contributed by atoms with E-state index in [-0.39, 0.29) is 35.3 Å². The molecule has 1 N–H and O–H groups in total. The number of benzene rings is 1. The highest BCUT2D eigenvalue weighted by atomic mass is 35.5. The monoisotopic (exact) mass is 708 g/mol. The van der Waals surface area contributed by atoms with E-state index in [4.69, 9.17) is 21.3 Å². The molecule has 3 heterocycles. The van der Waals surface area contributed by atoms with E-state index in [0.29, 0.717) is 46.4 Å². The van der Waals surface area contributed by atoms with Gasteiger partial charge in [0.05, 0.1) is 28.2 Å². The van der Waals surface area contributed by atoms with Crippen LogP contribution in [0.25, 0.3) is 11.0 Å². The van der Waals surface area contributed by atoms with Crippen LogP contribution in [-0.4, -0.2) is 75.3 Å². The number of amides is 3. The third-order valence-electron chi connectivity index (χ3n) is 9.12. The Balaban J connectivity index is 0.00000103. The van der Waals surface area contributed by atoms with Gasteiger partial charge in [-0.1, -0.05) is 65.1 Å². The number of nitrogens with zero attached hydrogens (tertiary/aromatic N) is 5. The summed E-state index contributed by atoms with van der Waals surface area (Å²) in [5.41, 5.74) is 2.76. The summed E-state index contributed by atoms with van der Waals surface area (Å²) in [6.07, 6.45) is 12.1. The van der Waals surface area contributed by atoms with E-state index in [9.17, 15) is 14.4 Å². The third kappa shape index (κ3) is 11.6. The maximum atomic E-state index is 13.4. The van der Waals surface area contributed by atoms with Crippen molar-refractivity contribution in [2.24, 2.45) is 5.41 Å². The molecule has 1 aliphatic heterocycles. The van der Waals surface area contributed by atoms with Crippen LogP contribution < -0.4 is 10.1 Å². The molecule has 1 fully saturated rings. The number of fused-ring (bicyclic) bond motifs is 1. The molecule has 1 aliphatic rings. The minimum Gasteiger partial charge on any atom is -0.490 e. The van der Waals surface area contributed by atoms with Gasteiger partial charge in [0.25, 0.3) is 5.91 Å². The second kappa shape index (κ2) is 18.9. The van der Waals surface area contributed by atoms with Crippen LogP contribution in [0.5, 0.6) is 5.75 Å². The molecule has 2 unspecified atom stereocenters. The van der Waals surface area contributed by atoms with Crippen molar-refractivity contribution in [2.45, 2.75) is 111 Å². The third-order valence-corrected chi connectivity index (χ3v) is 9.41. The number of hydrogen-bond acceptors (Lipinski definition) is 6. The zero-order valence-corrected chi connectivity index (χ0v) is 32.1. The van der Waals surface area contributed by atoms with Crippen molar-refractivity contribution in [1.82, 2.24) is 24.3 Å². The molecule has 1 aromatic carbocycles. The number of rotatable bonds is 13. The molecule has 4 rings (SSSR count). The lowest BCUT2D eigenvalue weighted by Gasteiger charge is -2.30. The average Bonchev–Trinajstić information content (AvgIpc) is 3.24. The van der Waals surface area contributed by atoms with Crippen LogP contribution in [0, 0.1) is 12.3 Å². The van der Waals surface area contributed by atoms with Gasteiger partial charge in [-0.15, -0.1) is 0 Å². The van der Waals surface area contributed by atoms with Crippen LogP contribution in [0.1, 0.15) is 114 Å². The lowest BCUT2D eigenvalue weighted by molar-refractivity contribution is -0.127. The molecule has 0 saturated carbocycles. The van der Waals surface area contributed by atoms with Crippen LogP contribution in [-0.2, 0) is 9.59 Å². The van der Waals surface area contributed by atoms with Crippen molar-refractivity contribution in [3.63, 3.8) is 0 Å². The largest absolute Gasteiger partial charge is 0.490 e. The number of hydrogen-bond donors (Lipinski definition) is 1. The number of imidazole rings is 1. The summed E-state index contributed by atoms with van der Waals surface area (Å²) in [4.78, 5) is 48.6. The van der Waals surface area contributed by atoms with Gasteiger partial charge >= 0.3 is 0 Å². The fourth-order valence-corrected chi connectivity index (χ4v) is 6.58. The second-order valence-electron chi connectivity index (χ2n) is 14.3. The average molecular weight is 709 g/mol. The van der Waals surface area contributed by atoms with Crippen LogP contribution in [0.4, 0.5) is 5.95 Å². The van der Waals surface area contributed by atoms with Gasteiger partial charge in [-0.2, -0.15) is 0 Å². The predicted octanol–water partition coefficient (Wildman–Crippen LogP) is 8.63. The molecule has 274 valence electrons. The Labute approximate surface area is 303 Å². The molecule has 11 heteroatoms. The molecule has 3 aromatic rings. The highest BCUT2D eigenvalue weighted by Crippen LogP contribution is 2.38. The lowest BCUT2D eigenvalue weighted by Crippen LogP contribution is -2.34. The van der Waals surface area contributed by atoms with E-state index in [1.807, 2.05) is 28.5 Å². The Morgan fingerprint density at radius 3 is 2.52 bits per heavy atom. The van der Waals surface area contributed by atoms with Gasteiger partial charge in [-0.25, -0.2) is 4.98 Å². The van der Waals surface area contributed by atoms with Gasteiger partial charge in [-0.05, 0) is 69.1 Å². The van der Waals surface area contributed by atoms with Crippen molar-refractivity contribution < 1.29 is 19.1 Å². The van der Waals surface area contributed by atoms with Gasteiger partial charge in [0.15, 0.2) is 0 Å². The summed E-state index contributed by atoms with van der Waals surface area (Å²) < 4.78 is 8.61. The molecule has 2 atom stereocenters. The highest BCUT2D eigenvalue weighted by Gasteiger charge is 2.29. The molecule has 0 bridgehead atoms. The molecule has 2 aromatic heterocycles. The second-order valence-corrected chi connectivity index (χ2v) is 14.7. The van der Waals surface area contributed by atoms with E-state index < -0.39 is 0 Å². The Hall–Kier alpha value is -3.92. The van der Waals surface area contributed by atoms with Gasteiger partial charge in [0.1, 0.15) is 5.75 Å². The number of aromatic nitrogens is 3. The van der Waals surface area contributed by atoms with Crippen molar-refractivity contribution in [1.29, 1.82) is 0 Å². The molecule has 0 spiro atoms. The van der Waals surface area contributed by atoms with E-state index >= 15 is 0 Å². The molecule has 1 saturated heterocycles. The number of unbranched alkanes of at least 4 members (excludes halogenated alkanes) is 1. The van der Waals surface area contributed by atoms with E-state index in [1.165, 1.54) is 30.7 Å². The van der Waals surface area contributed by atoms with Crippen LogP contribution in [0.3, 0.4) is 0 Å². The first-order chi connectivity index (χ1) is 23.7. The summed E-state index contributed by atoms with van der Waals surface area (Å²) in [5, 5.41) is 3.54. The predicted molar refractivity (Wildman–Crippen MR) is 203 cm³/mol. The Morgan fingerprint density at radius 2 is 1.90 bits per heavy atom. The molecule has 0 radical (unpaired) electrons. The standard InChI is InChI=1S/C35H48ClN5O3.C4H9NO/c1-7-10-16-35(5,6)22-27(13-8-2)44-28-20-29(36)32-30(21-28)38-34(39-33(43)25-15-17-37-24(4)19-25)41(32)26-14-11-12-18-40(23-26)31(42)9-3;1-4(6)5(2)3/h9,15,17,19-21,26-27H,3,7-8,10-14,16,18,22-23H2,1-2,4-6H3,(H,38,39,43);1-3H3. The normalized spacial score (nSPS) is 15.4. The van der Waals surface area contributed by atoms with Gasteiger partial charge in [-0.3, -0.25) is 24.7 Å². The maximum absolute atomic E-state index is 13.4. The highest BCUT2D eigenvalue weighted by molar-refractivity contribution is 6.35. The van der Waals surface area contributed by atoms with Gasteiger partial charge in [0, 0.05) is 63.7 Å². The number of carbonyl (C=O) groups is 3. The molecule has 10 nitrogen and oxygen atoms in total. The maximum Gasteiger partial charge on any atom is 0.258 e. The van der Waals surface area contributed by atoms with Crippen LogP contribution in [0.15, 0.2) is 43.1 Å². The SMILES string of the molecule is C=CC(=O)N1CCCCC(n2c(NC(=O)c3ccnc(C)c3)nc3cc(OC(CCC)CC(C)(C)CCCC)cc(Cl)c32)C1.CC(=O)N(C)C. The van der Waals surface area contributed by atoms with Crippen molar-refractivity contribution in [3.8, 4) is 5.75 Å². The number of nitrogens with one attached hydrogen (secondary N) is 1. The summed E-state index contributed by atoms with van der Waals surface area (Å²) in [6.45, 7) is 17.2. The van der Waals surface area contributed by atoms with Crippen molar-refractivity contribution >= 4 is 46.3 Å². The fourth-order valence-electron chi connectivity index (χ4n) is 6.28. The molecule has 3 amide bonds. The minimum atomic E-state index is -0.287. The summed E-state index contributed by atoms with van der Waals surface area (Å²) in [5.74, 6) is 0.760. The number of ether oxygens (including phenoxy) is 1. The number of aryl methyl sites for hydroxylation is 1. The zero-order chi connectivity index (χ0) is 37.0. The number of halogens is 1. The summed E-state index contributed by atoms with van der Waals surface area (Å²) >= 11 is 7.04. The molecular formula is C39H57ClN6O4. The van der Waals surface area contributed by atoms with E-state index in [0.717, 1.165) is 50.6 Å². The number of likely N-dealkylation sites (tertiary alicyclic amines) is 1. The summed E-state index contributed by atoms with van der Waals surface area (Å²) in [6, 6.07) is 7.07. The molecule has 50 heavy (non-hydrogen) atoms. The molecule has 0 aliphatic carbocycles. The smallest absolute Gasteiger partial charge is 0.258 e. The molecular weight excluding hydrogens is 652 g/mol. The van der Waals surface area contributed by atoms with Crippen LogP contribution >= 0.6 is 11.6 Å². The van der Waals surface area contributed by atoms with Crippen LogP contribution in [0.2, 0.25) is 5.02 Å². The topological polar surface area (TPSA) is 110 Å². The number of pyridine rings is 1. The number of carbonyl (C=O) groups excluding carboxylic acids is 3. The van der Waals surface area contributed by atoms with Gasteiger partial charge < -0.3 is 19.1 Å². The quantitative estimate of drug-likeness (QED) is 0.178. The Kier molecular flexibility index (Phi) is 15.3. The first kappa shape index (κ1) is 40.5. The first-order valence-corrected chi connectivity index (χ1v) is 18.3. The Morgan fingerprint density at radius 1 is 1.18 bits per heavy atom. The lowest BCUT2D eigenvalue weighted by atomic mass is 9.81. The van der Waals surface area contributed by atoms with E-state index in [1.54, 1.807) is 32.4 Å². The minimum absolute atomic E-state index is 0.0527. The first-order valence-electron chi connectivity index (χ1n) is 17.9. The fraction of sp³-hybridized carbons (Fsp3) is 0.564. The van der Waals surface area contributed by atoms with Gasteiger partial charge in [0.2, 0.25) is 17.8 Å². The van der Waals surface area contributed by atoms with Crippen molar-refractivity contribution in [3.05, 3.63) is 59.4 Å². The van der Waals surface area contributed by atoms with Crippen molar-refractivity contribution in [2.75, 3.05) is 32.5 Å². The summed E-state index contributed by atoms with van der Waals surface area (Å²) in [7, 11) is 3.45. The zero-order valence-electron chi connectivity index (χ0n) is 31.4.